The van der Waals surface area contributed by atoms with E-state index in [1.54, 1.807) is 32.0 Å². The summed E-state index contributed by atoms with van der Waals surface area (Å²) in [5.74, 6) is 1.39. The average Bonchev–Trinajstić information content (AvgIpc) is 3.48. The monoisotopic (exact) mass is 446 g/mol. The van der Waals surface area contributed by atoms with E-state index < -0.39 is 0 Å². The van der Waals surface area contributed by atoms with Gasteiger partial charge in [-0.1, -0.05) is 6.07 Å². The molecule has 1 aliphatic carbocycles. The second kappa shape index (κ2) is 8.27. The molecule has 0 saturated heterocycles. The molecule has 0 atom stereocenters. The molecule has 170 valence electrons. The Hall–Kier alpha value is -3.81. The molecule has 2 aliphatic rings. The second-order valence-corrected chi connectivity index (χ2v) is 8.42. The van der Waals surface area contributed by atoms with Crippen LogP contribution in [0.2, 0.25) is 0 Å². The summed E-state index contributed by atoms with van der Waals surface area (Å²) < 4.78 is 12.3. The van der Waals surface area contributed by atoms with Crippen LogP contribution in [0, 0.1) is 5.92 Å². The van der Waals surface area contributed by atoms with Crippen LogP contribution in [0.15, 0.2) is 42.5 Å². The Morgan fingerprint density at radius 1 is 1.06 bits per heavy atom. The molecular formula is C25H26N4O4. The van der Waals surface area contributed by atoms with Crippen LogP contribution in [0.4, 0.5) is 11.4 Å². The van der Waals surface area contributed by atoms with E-state index in [1.165, 1.54) is 0 Å². The normalized spacial score (nSPS) is 14.7. The fourth-order valence-electron chi connectivity index (χ4n) is 4.26. The highest BCUT2D eigenvalue weighted by Gasteiger charge is 2.36. The Bertz CT molecular complexity index is 1250. The largest absolute Gasteiger partial charge is 0.497 e. The summed E-state index contributed by atoms with van der Waals surface area (Å²) in [6, 6.07) is 12.9. The molecule has 1 aromatic heterocycles. The molecule has 33 heavy (non-hydrogen) atoms. The minimum Gasteiger partial charge on any atom is -0.497 e. The third-order valence-electron chi connectivity index (χ3n) is 6.23. The van der Waals surface area contributed by atoms with Crippen molar-refractivity contribution in [2.24, 2.45) is 13.0 Å². The first-order valence-electron chi connectivity index (χ1n) is 11.0. The SMILES string of the molecule is COc1ccc(OC)c(-c2cc(C(=O)Nc3ccc4c(c3)N(C(=O)C3CC3)CC4)n(C)n2)c1. The van der Waals surface area contributed by atoms with Gasteiger partial charge >= 0.3 is 0 Å². The second-order valence-electron chi connectivity index (χ2n) is 8.42. The summed E-state index contributed by atoms with van der Waals surface area (Å²) in [4.78, 5) is 27.6. The summed E-state index contributed by atoms with van der Waals surface area (Å²) in [5, 5.41) is 7.47. The number of aryl methyl sites for hydroxylation is 1. The molecular weight excluding hydrogens is 420 g/mol. The van der Waals surface area contributed by atoms with Crippen LogP contribution in [0.5, 0.6) is 11.5 Å². The van der Waals surface area contributed by atoms with Gasteiger partial charge in [-0.2, -0.15) is 5.10 Å². The van der Waals surface area contributed by atoms with Crippen LogP contribution in [0.25, 0.3) is 11.3 Å². The number of benzene rings is 2. The van der Waals surface area contributed by atoms with Gasteiger partial charge in [0.25, 0.3) is 5.91 Å². The molecule has 1 saturated carbocycles. The van der Waals surface area contributed by atoms with E-state index in [-0.39, 0.29) is 17.7 Å². The number of hydrogen-bond donors (Lipinski definition) is 1. The fraction of sp³-hybridized carbons (Fsp3) is 0.320. The van der Waals surface area contributed by atoms with Crippen molar-refractivity contribution >= 4 is 23.2 Å². The zero-order valence-electron chi connectivity index (χ0n) is 18.9. The molecule has 5 rings (SSSR count). The van der Waals surface area contributed by atoms with Crippen LogP contribution in [0.1, 0.15) is 28.9 Å². The number of carbonyl (C=O) groups excluding carboxylic acids is 2. The van der Waals surface area contributed by atoms with E-state index in [0.717, 1.165) is 36.1 Å². The molecule has 3 aromatic rings. The van der Waals surface area contributed by atoms with E-state index in [2.05, 4.69) is 10.4 Å². The zero-order valence-corrected chi connectivity index (χ0v) is 18.9. The number of carbonyl (C=O) groups is 2. The van der Waals surface area contributed by atoms with Crippen molar-refractivity contribution in [2.75, 3.05) is 31.0 Å². The molecule has 2 heterocycles. The molecule has 8 heteroatoms. The van der Waals surface area contributed by atoms with Gasteiger partial charge in [0.15, 0.2) is 0 Å². The lowest BCUT2D eigenvalue weighted by atomic mass is 10.1. The number of aromatic nitrogens is 2. The van der Waals surface area contributed by atoms with Gasteiger partial charge in [0, 0.05) is 36.4 Å². The molecule has 2 amide bonds. The van der Waals surface area contributed by atoms with E-state index in [1.807, 2.05) is 41.3 Å². The highest BCUT2D eigenvalue weighted by Crippen LogP contribution is 2.38. The Morgan fingerprint density at radius 3 is 2.61 bits per heavy atom. The van der Waals surface area contributed by atoms with Crippen LogP contribution in [-0.4, -0.2) is 42.4 Å². The smallest absolute Gasteiger partial charge is 0.273 e. The Kier molecular flexibility index (Phi) is 5.28. The van der Waals surface area contributed by atoms with Crippen molar-refractivity contribution in [3.05, 3.63) is 53.7 Å². The van der Waals surface area contributed by atoms with Crippen molar-refractivity contribution in [2.45, 2.75) is 19.3 Å². The van der Waals surface area contributed by atoms with E-state index in [0.29, 0.717) is 35.1 Å². The van der Waals surface area contributed by atoms with Gasteiger partial charge in [-0.3, -0.25) is 14.3 Å². The Morgan fingerprint density at radius 2 is 1.88 bits per heavy atom. The summed E-state index contributed by atoms with van der Waals surface area (Å²) in [6.07, 6.45) is 2.79. The number of ether oxygens (including phenoxy) is 2. The average molecular weight is 447 g/mol. The van der Waals surface area contributed by atoms with E-state index >= 15 is 0 Å². The third kappa shape index (κ3) is 3.92. The number of fused-ring (bicyclic) bond motifs is 1. The van der Waals surface area contributed by atoms with Crippen LogP contribution >= 0.6 is 0 Å². The van der Waals surface area contributed by atoms with Crippen LogP contribution in [-0.2, 0) is 18.3 Å². The van der Waals surface area contributed by atoms with Gasteiger partial charge in [-0.05, 0) is 61.2 Å². The van der Waals surface area contributed by atoms with Gasteiger partial charge < -0.3 is 19.7 Å². The molecule has 0 bridgehead atoms. The predicted octanol–water partition coefficient (Wildman–Crippen LogP) is 3.66. The zero-order chi connectivity index (χ0) is 23.1. The highest BCUT2D eigenvalue weighted by molar-refractivity contribution is 6.05. The highest BCUT2D eigenvalue weighted by atomic mass is 16.5. The van der Waals surface area contributed by atoms with Crippen molar-refractivity contribution < 1.29 is 19.1 Å². The Labute approximate surface area is 192 Å². The van der Waals surface area contributed by atoms with Crippen molar-refractivity contribution in [3.63, 3.8) is 0 Å². The van der Waals surface area contributed by atoms with Crippen molar-refractivity contribution in [3.8, 4) is 22.8 Å². The molecule has 1 aliphatic heterocycles. The number of methoxy groups -OCH3 is 2. The molecule has 2 aromatic carbocycles. The molecule has 0 radical (unpaired) electrons. The minimum absolute atomic E-state index is 0.163. The summed E-state index contributed by atoms with van der Waals surface area (Å²) >= 11 is 0. The first kappa shape index (κ1) is 21.1. The lowest BCUT2D eigenvalue weighted by molar-refractivity contribution is -0.119. The third-order valence-corrected chi connectivity index (χ3v) is 6.23. The van der Waals surface area contributed by atoms with Gasteiger partial charge in [-0.25, -0.2) is 0 Å². The maximum atomic E-state index is 13.1. The number of hydrogen-bond acceptors (Lipinski definition) is 5. The molecule has 1 fully saturated rings. The van der Waals surface area contributed by atoms with E-state index in [4.69, 9.17) is 9.47 Å². The lowest BCUT2D eigenvalue weighted by Crippen LogP contribution is -2.30. The fourth-order valence-corrected chi connectivity index (χ4v) is 4.26. The lowest BCUT2D eigenvalue weighted by Gasteiger charge is -2.18. The van der Waals surface area contributed by atoms with Gasteiger partial charge in [0.2, 0.25) is 5.91 Å². The molecule has 0 spiro atoms. The topological polar surface area (TPSA) is 85.7 Å². The van der Waals surface area contributed by atoms with E-state index in [9.17, 15) is 9.59 Å². The first-order chi connectivity index (χ1) is 16.0. The molecule has 1 N–H and O–H groups in total. The summed E-state index contributed by atoms with van der Waals surface area (Å²) in [5.41, 5.74) is 4.43. The number of rotatable bonds is 6. The van der Waals surface area contributed by atoms with Gasteiger partial charge in [0.05, 0.1) is 19.9 Å². The number of amides is 2. The van der Waals surface area contributed by atoms with Crippen LogP contribution in [0.3, 0.4) is 0 Å². The first-order valence-corrected chi connectivity index (χ1v) is 11.0. The van der Waals surface area contributed by atoms with Gasteiger partial charge in [-0.15, -0.1) is 0 Å². The number of nitrogens with one attached hydrogen (secondary N) is 1. The summed E-state index contributed by atoms with van der Waals surface area (Å²) in [7, 11) is 4.91. The maximum Gasteiger partial charge on any atom is 0.273 e. The molecule has 8 nitrogen and oxygen atoms in total. The molecule has 0 unspecified atom stereocenters. The number of anilines is 2. The maximum absolute atomic E-state index is 13.1. The summed E-state index contributed by atoms with van der Waals surface area (Å²) in [6.45, 7) is 0.704. The predicted molar refractivity (Wildman–Crippen MR) is 125 cm³/mol. The Balaban J connectivity index is 1.39. The number of nitrogens with zero attached hydrogens (tertiary/aromatic N) is 3. The minimum atomic E-state index is -0.281. The standard InChI is InChI=1S/C25H26N4O4/c1-28-22(14-20(27-28)19-13-18(32-2)8-9-23(19)33-3)24(30)26-17-7-6-15-10-11-29(21(15)12-17)25(31)16-4-5-16/h6-9,12-14,16H,4-5,10-11H2,1-3H3,(H,26,30). The van der Waals surface area contributed by atoms with Crippen molar-refractivity contribution in [1.29, 1.82) is 0 Å². The van der Waals surface area contributed by atoms with Crippen LogP contribution < -0.4 is 19.7 Å². The quantitative estimate of drug-likeness (QED) is 0.625. The van der Waals surface area contributed by atoms with Crippen molar-refractivity contribution in [1.82, 2.24) is 9.78 Å². The van der Waals surface area contributed by atoms with Gasteiger partial charge in [0.1, 0.15) is 17.2 Å².